The molecule has 0 aromatic heterocycles. The van der Waals surface area contributed by atoms with Gasteiger partial charge in [0, 0.05) is 5.02 Å². The van der Waals surface area contributed by atoms with Crippen molar-refractivity contribution in [1.82, 2.24) is 4.90 Å². The van der Waals surface area contributed by atoms with Crippen molar-refractivity contribution in [3.63, 3.8) is 0 Å². The van der Waals surface area contributed by atoms with Crippen LogP contribution in [0.3, 0.4) is 0 Å². The summed E-state index contributed by atoms with van der Waals surface area (Å²) in [6.45, 7) is 1.45. The lowest BCUT2D eigenvalue weighted by Crippen LogP contribution is -2.44. The van der Waals surface area contributed by atoms with Gasteiger partial charge in [-0.15, -0.1) is 0 Å². The summed E-state index contributed by atoms with van der Waals surface area (Å²) in [5.41, 5.74) is 2.38. The molecule has 0 N–H and O–H groups in total. The van der Waals surface area contributed by atoms with E-state index in [9.17, 15) is 19.6 Å². The molecule has 0 fully saturated rings. The Morgan fingerprint density at radius 1 is 1.00 bits per heavy atom. The molecule has 1 atom stereocenters. The van der Waals surface area contributed by atoms with Crippen LogP contribution in [0.1, 0.15) is 38.8 Å². The van der Waals surface area contributed by atoms with Crippen LogP contribution in [0, 0.1) is 11.3 Å². The summed E-state index contributed by atoms with van der Waals surface area (Å²) in [6, 6.07) is 21.0. The molecule has 0 saturated carbocycles. The Kier molecular flexibility index (Phi) is 6.07. The van der Waals surface area contributed by atoms with E-state index in [2.05, 4.69) is 6.07 Å². The number of imide groups is 1. The first-order valence-electron chi connectivity index (χ1n) is 10.1. The molecule has 4 rings (SSSR count). The maximum absolute atomic E-state index is 12.6. The third kappa shape index (κ3) is 4.40. The second kappa shape index (κ2) is 9.11. The number of esters is 1. The summed E-state index contributed by atoms with van der Waals surface area (Å²) < 4.78 is 5.38. The van der Waals surface area contributed by atoms with Gasteiger partial charge in [-0.3, -0.25) is 14.5 Å². The number of rotatable bonds is 5. The van der Waals surface area contributed by atoms with Gasteiger partial charge in [-0.25, -0.2) is 4.79 Å². The topological polar surface area (TPSA) is 87.5 Å². The van der Waals surface area contributed by atoms with E-state index in [1.165, 1.54) is 6.92 Å². The van der Waals surface area contributed by atoms with Crippen LogP contribution in [0.15, 0.2) is 72.8 Å². The van der Waals surface area contributed by atoms with Crippen LogP contribution in [0.2, 0.25) is 5.02 Å². The largest absolute Gasteiger partial charge is 0.425 e. The number of allylic oxidation sites excluding steroid dienone is 1. The molecule has 1 aliphatic rings. The monoisotopic (exact) mass is 456 g/mol. The van der Waals surface area contributed by atoms with E-state index in [-0.39, 0.29) is 16.9 Å². The number of benzene rings is 3. The zero-order valence-corrected chi connectivity index (χ0v) is 18.2. The molecule has 162 valence electrons. The summed E-state index contributed by atoms with van der Waals surface area (Å²) in [7, 11) is 0. The van der Waals surface area contributed by atoms with Gasteiger partial charge in [-0.05, 0) is 60.5 Å². The van der Waals surface area contributed by atoms with Crippen molar-refractivity contribution >= 4 is 41.0 Å². The lowest BCUT2D eigenvalue weighted by molar-refractivity contribution is -0.138. The molecular formula is C26H17ClN2O4. The fourth-order valence-electron chi connectivity index (χ4n) is 3.50. The molecule has 3 aromatic rings. The highest BCUT2D eigenvalue weighted by Gasteiger charge is 2.41. The number of nitriles is 1. The second-order valence-corrected chi connectivity index (χ2v) is 7.81. The van der Waals surface area contributed by atoms with Gasteiger partial charge in [0.15, 0.2) is 0 Å². The van der Waals surface area contributed by atoms with Gasteiger partial charge >= 0.3 is 5.97 Å². The van der Waals surface area contributed by atoms with Crippen molar-refractivity contribution in [2.45, 2.75) is 13.0 Å². The normalized spacial score (nSPS) is 14.0. The van der Waals surface area contributed by atoms with Crippen LogP contribution < -0.4 is 4.74 Å². The van der Waals surface area contributed by atoms with Gasteiger partial charge in [-0.1, -0.05) is 48.0 Å². The number of ether oxygens (including phenoxy) is 1. The number of carbonyl (C=O) groups excluding carboxylic acids is 3. The molecule has 1 unspecified atom stereocenters. The van der Waals surface area contributed by atoms with E-state index in [1.807, 2.05) is 0 Å². The first-order chi connectivity index (χ1) is 15.9. The minimum Gasteiger partial charge on any atom is -0.425 e. The van der Waals surface area contributed by atoms with E-state index in [4.69, 9.17) is 16.3 Å². The zero-order chi connectivity index (χ0) is 23.5. The summed E-state index contributed by atoms with van der Waals surface area (Å²) in [6.07, 6.45) is 1.69. The smallest absolute Gasteiger partial charge is 0.334 e. The van der Waals surface area contributed by atoms with Crippen molar-refractivity contribution in [2.24, 2.45) is 0 Å². The summed E-state index contributed by atoms with van der Waals surface area (Å²) >= 11 is 6.00. The van der Waals surface area contributed by atoms with Crippen LogP contribution in [0.5, 0.6) is 5.75 Å². The van der Waals surface area contributed by atoms with E-state index in [0.717, 1.165) is 10.5 Å². The van der Waals surface area contributed by atoms with Gasteiger partial charge in [0.05, 0.1) is 22.8 Å². The van der Waals surface area contributed by atoms with Gasteiger partial charge in [0.25, 0.3) is 11.8 Å². The highest BCUT2D eigenvalue weighted by molar-refractivity contribution is 6.30. The number of hydrogen-bond acceptors (Lipinski definition) is 5. The maximum atomic E-state index is 12.6. The van der Waals surface area contributed by atoms with Crippen molar-refractivity contribution < 1.29 is 19.1 Å². The van der Waals surface area contributed by atoms with Crippen molar-refractivity contribution in [3.05, 3.63) is 100 Å². The van der Waals surface area contributed by atoms with Crippen LogP contribution in [-0.2, 0) is 4.79 Å². The Balaban J connectivity index is 1.47. The number of carbonyl (C=O) groups is 3. The van der Waals surface area contributed by atoms with E-state index in [1.54, 1.807) is 78.9 Å². The van der Waals surface area contributed by atoms with E-state index in [0.29, 0.717) is 16.2 Å². The first kappa shape index (κ1) is 22.0. The molecule has 2 amide bonds. The molecule has 33 heavy (non-hydrogen) atoms. The highest BCUT2D eigenvalue weighted by atomic mass is 35.5. The quantitative estimate of drug-likeness (QED) is 0.177. The van der Waals surface area contributed by atoms with Gasteiger partial charge in [0.1, 0.15) is 11.8 Å². The predicted molar refractivity (Wildman–Crippen MR) is 123 cm³/mol. The second-order valence-electron chi connectivity index (χ2n) is 7.37. The zero-order valence-electron chi connectivity index (χ0n) is 17.5. The van der Waals surface area contributed by atoms with Crippen LogP contribution >= 0.6 is 11.6 Å². The Hall–Kier alpha value is -4.21. The van der Waals surface area contributed by atoms with Crippen LogP contribution in [-0.4, -0.2) is 28.7 Å². The predicted octanol–water partition coefficient (Wildman–Crippen LogP) is 4.99. The summed E-state index contributed by atoms with van der Waals surface area (Å²) in [5.74, 6) is -1.53. The molecule has 3 aromatic carbocycles. The van der Waals surface area contributed by atoms with E-state index < -0.39 is 23.8 Å². The first-order valence-corrected chi connectivity index (χ1v) is 10.4. The fourth-order valence-corrected chi connectivity index (χ4v) is 3.69. The average molecular weight is 457 g/mol. The minimum atomic E-state index is -1.09. The number of nitrogens with zero attached hydrogens (tertiary/aromatic N) is 2. The standard InChI is InChI=1S/C26H17ClN2O4/c1-16(29-24(30)22-7-2-3-8-23(22)25(29)31)26(32)33-21-11-9-17(10-12-21)13-19(15-28)18-5-4-6-20(27)14-18/h2-14,16H,1H3/b19-13-. The number of fused-ring (bicyclic) bond motifs is 1. The molecule has 0 spiro atoms. The van der Waals surface area contributed by atoms with Crippen molar-refractivity contribution in [2.75, 3.05) is 0 Å². The molecule has 6 nitrogen and oxygen atoms in total. The molecule has 0 radical (unpaired) electrons. The fraction of sp³-hybridized carbons (Fsp3) is 0.0769. The Bertz CT molecular complexity index is 1300. The lowest BCUT2D eigenvalue weighted by Gasteiger charge is -2.20. The highest BCUT2D eigenvalue weighted by Crippen LogP contribution is 2.26. The third-order valence-electron chi connectivity index (χ3n) is 5.22. The Morgan fingerprint density at radius 2 is 1.64 bits per heavy atom. The number of halogens is 1. The minimum absolute atomic E-state index is 0.252. The van der Waals surface area contributed by atoms with E-state index >= 15 is 0 Å². The molecule has 1 aliphatic heterocycles. The number of amides is 2. The molecule has 0 aliphatic carbocycles. The van der Waals surface area contributed by atoms with Gasteiger partial charge < -0.3 is 4.74 Å². The molecule has 7 heteroatoms. The summed E-state index contributed by atoms with van der Waals surface area (Å²) in [5, 5.41) is 10.0. The molecule has 0 saturated heterocycles. The van der Waals surface area contributed by atoms with Crippen LogP contribution in [0.25, 0.3) is 11.6 Å². The van der Waals surface area contributed by atoms with Crippen molar-refractivity contribution in [1.29, 1.82) is 5.26 Å². The Morgan fingerprint density at radius 3 is 2.21 bits per heavy atom. The Labute approximate surface area is 195 Å². The van der Waals surface area contributed by atoms with Crippen molar-refractivity contribution in [3.8, 4) is 11.8 Å². The maximum Gasteiger partial charge on any atom is 0.334 e. The lowest BCUT2D eigenvalue weighted by atomic mass is 10.0. The molecule has 1 heterocycles. The average Bonchev–Trinajstić information content (AvgIpc) is 3.08. The third-order valence-corrected chi connectivity index (χ3v) is 5.45. The SMILES string of the molecule is CC(C(=O)Oc1ccc(/C=C(/C#N)c2cccc(Cl)c2)cc1)N1C(=O)c2ccccc2C1=O. The molecular weight excluding hydrogens is 440 g/mol. The number of hydrogen-bond donors (Lipinski definition) is 0. The van der Waals surface area contributed by atoms with Gasteiger partial charge in [-0.2, -0.15) is 5.26 Å². The summed E-state index contributed by atoms with van der Waals surface area (Å²) in [4.78, 5) is 38.7. The van der Waals surface area contributed by atoms with Crippen LogP contribution in [0.4, 0.5) is 0 Å². The molecule has 0 bridgehead atoms. The van der Waals surface area contributed by atoms with Gasteiger partial charge in [0.2, 0.25) is 0 Å².